The van der Waals surface area contributed by atoms with Gasteiger partial charge in [0.25, 0.3) is 5.91 Å². The monoisotopic (exact) mass is 344 g/mol. The van der Waals surface area contributed by atoms with Crippen molar-refractivity contribution >= 4 is 5.91 Å². The van der Waals surface area contributed by atoms with Crippen LogP contribution in [0.2, 0.25) is 0 Å². The van der Waals surface area contributed by atoms with Gasteiger partial charge in [0.05, 0.1) is 37.1 Å². The van der Waals surface area contributed by atoms with Crippen LogP contribution >= 0.6 is 0 Å². The second-order valence-electron chi connectivity index (χ2n) is 6.22. The first kappa shape index (κ1) is 17.6. The van der Waals surface area contributed by atoms with E-state index in [0.29, 0.717) is 25.3 Å². The Morgan fingerprint density at radius 3 is 2.92 bits per heavy atom. The second kappa shape index (κ2) is 8.22. The number of aromatic nitrogens is 3. The molecule has 1 fully saturated rings. The third-order valence-corrected chi connectivity index (χ3v) is 4.48. The summed E-state index contributed by atoms with van der Waals surface area (Å²) in [6.07, 6.45) is 8.65. The molecule has 2 aromatic heterocycles. The predicted octanol–water partition coefficient (Wildman–Crippen LogP) is 1.30. The Hall–Kier alpha value is -2.25. The van der Waals surface area contributed by atoms with Crippen LogP contribution in [0.1, 0.15) is 22.3 Å². The number of aryl methyl sites for hydroxylation is 1. The normalized spacial score (nSPS) is 20.2. The lowest BCUT2D eigenvalue weighted by atomic mass is 10.0. The molecule has 0 aliphatic carbocycles. The highest BCUT2D eigenvalue weighted by atomic mass is 16.5. The maximum Gasteiger partial charge on any atom is 0.255 e. The molecular weight excluding hydrogens is 320 g/mol. The van der Waals surface area contributed by atoms with E-state index in [2.05, 4.69) is 10.1 Å². The molecule has 2 aromatic rings. The third kappa shape index (κ3) is 4.24. The molecule has 0 unspecified atom stereocenters. The summed E-state index contributed by atoms with van der Waals surface area (Å²) in [6.45, 7) is 1.75. The standard InChI is InChI=1S/C18H24N4O3/c1-21-13-14(11-20-21)10-16-17(25-9-8-24-2)5-7-22(16)18(23)15-4-3-6-19-12-15/h3-4,6,11-13,16-17H,5,7-10H2,1-2H3/t16-,17+/m1/s1. The number of rotatable bonds is 7. The molecule has 0 bridgehead atoms. The fourth-order valence-electron chi connectivity index (χ4n) is 3.27. The molecule has 25 heavy (non-hydrogen) atoms. The Morgan fingerprint density at radius 2 is 2.24 bits per heavy atom. The summed E-state index contributed by atoms with van der Waals surface area (Å²) < 4.78 is 12.8. The second-order valence-corrected chi connectivity index (χ2v) is 6.22. The van der Waals surface area contributed by atoms with Crippen molar-refractivity contribution in [3.05, 3.63) is 48.0 Å². The van der Waals surface area contributed by atoms with E-state index >= 15 is 0 Å². The van der Waals surface area contributed by atoms with E-state index in [0.717, 1.165) is 18.4 Å². The summed E-state index contributed by atoms with van der Waals surface area (Å²) in [5, 5.41) is 4.23. The van der Waals surface area contributed by atoms with Crippen LogP contribution in [0.3, 0.4) is 0 Å². The molecule has 1 amide bonds. The molecule has 0 N–H and O–H groups in total. The Labute approximate surface area is 147 Å². The first-order valence-corrected chi connectivity index (χ1v) is 8.48. The summed E-state index contributed by atoms with van der Waals surface area (Å²) in [5.74, 6) is -0.000156. The summed E-state index contributed by atoms with van der Waals surface area (Å²) in [4.78, 5) is 18.9. The topological polar surface area (TPSA) is 69.5 Å². The van der Waals surface area contributed by atoms with Crippen LogP contribution in [0, 0.1) is 0 Å². The molecule has 0 aromatic carbocycles. The maximum absolute atomic E-state index is 12.9. The molecule has 134 valence electrons. The zero-order valence-electron chi connectivity index (χ0n) is 14.7. The molecule has 0 radical (unpaired) electrons. The van der Waals surface area contributed by atoms with Gasteiger partial charge in [0, 0.05) is 39.3 Å². The van der Waals surface area contributed by atoms with Crippen molar-refractivity contribution in [2.24, 2.45) is 7.05 Å². The molecule has 0 spiro atoms. The number of hydrogen-bond acceptors (Lipinski definition) is 5. The zero-order chi connectivity index (χ0) is 17.6. The number of ether oxygens (including phenoxy) is 2. The Morgan fingerprint density at radius 1 is 1.36 bits per heavy atom. The van der Waals surface area contributed by atoms with Gasteiger partial charge < -0.3 is 14.4 Å². The van der Waals surface area contributed by atoms with Crippen molar-refractivity contribution < 1.29 is 14.3 Å². The fourth-order valence-corrected chi connectivity index (χ4v) is 3.27. The fraction of sp³-hybridized carbons (Fsp3) is 0.500. The van der Waals surface area contributed by atoms with Gasteiger partial charge in [-0.05, 0) is 30.5 Å². The number of amides is 1. The Kier molecular flexibility index (Phi) is 5.78. The lowest BCUT2D eigenvalue weighted by Gasteiger charge is -2.28. The SMILES string of the molecule is COCCO[C@H]1CCN(C(=O)c2cccnc2)[C@@H]1Cc1cnn(C)c1. The number of carbonyl (C=O) groups is 1. The first-order chi connectivity index (χ1) is 12.2. The number of nitrogens with zero attached hydrogens (tertiary/aromatic N) is 4. The minimum atomic E-state index is -0.0197. The first-order valence-electron chi connectivity index (χ1n) is 8.48. The molecule has 2 atom stereocenters. The number of hydrogen-bond donors (Lipinski definition) is 0. The largest absolute Gasteiger partial charge is 0.382 e. The van der Waals surface area contributed by atoms with Crippen molar-refractivity contribution in [2.45, 2.75) is 25.0 Å². The van der Waals surface area contributed by atoms with Crippen LogP contribution in [0.25, 0.3) is 0 Å². The summed E-state index contributed by atoms with van der Waals surface area (Å²) in [7, 11) is 3.55. The van der Waals surface area contributed by atoms with Crippen LogP contribution < -0.4 is 0 Å². The summed E-state index contributed by atoms with van der Waals surface area (Å²) >= 11 is 0. The highest BCUT2D eigenvalue weighted by Crippen LogP contribution is 2.26. The molecule has 1 saturated heterocycles. The van der Waals surface area contributed by atoms with Gasteiger partial charge in [0.2, 0.25) is 0 Å². The number of likely N-dealkylation sites (tertiary alicyclic amines) is 1. The van der Waals surface area contributed by atoms with Crippen LogP contribution in [0.4, 0.5) is 0 Å². The molecule has 3 heterocycles. The molecule has 7 nitrogen and oxygen atoms in total. The average molecular weight is 344 g/mol. The van der Waals surface area contributed by atoms with Crippen LogP contribution in [-0.2, 0) is 22.9 Å². The molecule has 1 aliphatic rings. The molecule has 3 rings (SSSR count). The van der Waals surface area contributed by atoms with Gasteiger partial charge >= 0.3 is 0 Å². The predicted molar refractivity (Wildman–Crippen MR) is 92.2 cm³/mol. The summed E-state index contributed by atoms with van der Waals surface area (Å²) in [6, 6.07) is 3.57. The van der Waals surface area contributed by atoms with E-state index < -0.39 is 0 Å². The minimum absolute atomic E-state index is 0.000156. The van der Waals surface area contributed by atoms with Gasteiger partial charge in [-0.25, -0.2) is 0 Å². The number of methoxy groups -OCH3 is 1. The molecule has 0 saturated carbocycles. The maximum atomic E-state index is 12.9. The lowest BCUT2D eigenvalue weighted by Crippen LogP contribution is -2.42. The highest BCUT2D eigenvalue weighted by Gasteiger charge is 2.38. The van der Waals surface area contributed by atoms with Gasteiger partial charge in [-0.3, -0.25) is 14.5 Å². The van der Waals surface area contributed by atoms with E-state index in [4.69, 9.17) is 9.47 Å². The van der Waals surface area contributed by atoms with Gasteiger partial charge in [0.1, 0.15) is 0 Å². The molecular formula is C18H24N4O3. The minimum Gasteiger partial charge on any atom is -0.382 e. The van der Waals surface area contributed by atoms with Crippen molar-refractivity contribution in [1.82, 2.24) is 19.7 Å². The quantitative estimate of drug-likeness (QED) is 0.708. The Balaban J connectivity index is 1.76. The number of pyridine rings is 1. The third-order valence-electron chi connectivity index (χ3n) is 4.48. The van der Waals surface area contributed by atoms with E-state index in [1.54, 1.807) is 36.3 Å². The Bertz CT molecular complexity index is 689. The summed E-state index contributed by atoms with van der Waals surface area (Å²) in [5.41, 5.74) is 1.70. The lowest BCUT2D eigenvalue weighted by molar-refractivity contribution is 0.000487. The highest BCUT2D eigenvalue weighted by molar-refractivity contribution is 5.94. The van der Waals surface area contributed by atoms with Gasteiger partial charge in [0.15, 0.2) is 0 Å². The van der Waals surface area contributed by atoms with E-state index in [-0.39, 0.29) is 18.1 Å². The van der Waals surface area contributed by atoms with Gasteiger partial charge in [-0.15, -0.1) is 0 Å². The van der Waals surface area contributed by atoms with Crippen molar-refractivity contribution in [1.29, 1.82) is 0 Å². The van der Waals surface area contributed by atoms with Crippen LogP contribution in [0.5, 0.6) is 0 Å². The van der Waals surface area contributed by atoms with Crippen LogP contribution in [-0.4, -0.2) is 64.6 Å². The smallest absolute Gasteiger partial charge is 0.255 e. The van der Waals surface area contributed by atoms with E-state index in [1.165, 1.54) is 0 Å². The average Bonchev–Trinajstić information content (AvgIpc) is 3.22. The van der Waals surface area contributed by atoms with Gasteiger partial charge in [-0.2, -0.15) is 5.10 Å². The molecule has 1 aliphatic heterocycles. The molecule has 7 heteroatoms. The number of carbonyl (C=O) groups excluding carboxylic acids is 1. The van der Waals surface area contributed by atoms with E-state index in [9.17, 15) is 4.79 Å². The van der Waals surface area contributed by atoms with Gasteiger partial charge in [-0.1, -0.05) is 0 Å². The zero-order valence-corrected chi connectivity index (χ0v) is 14.7. The van der Waals surface area contributed by atoms with Crippen molar-refractivity contribution in [2.75, 3.05) is 26.9 Å². The van der Waals surface area contributed by atoms with Crippen molar-refractivity contribution in [3.8, 4) is 0 Å². The van der Waals surface area contributed by atoms with Crippen molar-refractivity contribution in [3.63, 3.8) is 0 Å². The van der Waals surface area contributed by atoms with E-state index in [1.807, 2.05) is 24.3 Å². The van der Waals surface area contributed by atoms with Crippen LogP contribution in [0.15, 0.2) is 36.9 Å².